The molecule has 0 saturated carbocycles. The zero-order valence-electron chi connectivity index (χ0n) is 13.4. The molecule has 0 radical (unpaired) electrons. The molecule has 0 aromatic heterocycles. The number of alkyl halides is 2. The number of hydrogen-bond acceptors (Lipinski definition) is 3. The highest BCUT2D eigenvalue weighted by molar-refractivity contribution is 7.93. The first kappa shape index (κ1) is 17.9. The van der Waals surface area contributed by atoms with E-state index in [1.165, 1.54) is 12.1 Å². The van der Waals surface area contributed by atoms with E-state index in [1.807, 2.05) is 20.8 Å². The molecule has 0 heterocycles. The first-order valence-electron chi connectivity index (χ1n) is 7.45. The van der Waals surface area contributed by atoms with Crippen LogP contribution in [-0.4, -0.2) is 20.6 Å². The van der Waals surface area contributed by atoms with Crippen molar-refractivity contribution < 1.29 is 21.9 Å². The second-order valence-electron chi connectivity index (χ2n) is 6.19. The Bertz CT molecular complexity index is 712. The van der Waals surface area contributed by atoms with E-state index in [0.717, 1.165) is 5.56 Å². The SMILES string of the molecule is CCC(C)(C)NS(=O)(=O)C1=Cc2ccc(OC(F)F)cc2CC1. The lowest BCUT2D eigenvalue weighted by Gasteiger charge is -2.26. The second kappa shape index (κ2) is 6.57. The molecule has 1 aliphatic carbocycles. The predicted octanol–water partition coefficient (Wildman–Crippen LogP) is 3.68. The van der Waals surface area contributed by atoms with E-state index in [2.05, 4.69) is 9.46 Å². The first-order chi connectivity index (χ1) is 10.6. The molecule has 4 nitrogen and oxygen atoms in total. The van der Waals surface area contributed by atoms with Crippen molar-refractivity contribution in [1.82, 2.24) is 4.72 Å². The van der Waals surface area contributed by atoms with Crippen LogP contribution in [0.25, 0.3) is 6.08 Å². The van der Waals surface area contributed by atoms with Gasteiger partial charge in [-0.3, -0.25) is 0 Å². The molecule has 1 aromatic carbocycles. The van der Waals surface area contributed by atoms with Gasteiger partial charge >= 0.3 is 6.61 Å². The topological polar surface area (TPSA) is 55.4 Å². The minimum atomic E-state index is -3.57. The number of benzene rings is 1. The van der Waals surface area contributed by atoms with Crippen molar-refractivity contribution in [3.05, 3.63) is 34.2 Å². The van der Waals surface area contributed by atoms with Crippen LogP contribution in [-0.2, 0) is 16.4 Å². The molecule has 0 unspecified atom stereocenters. The van der Waals surface area contributed by atoms with Crippen LogP contribution in [0.3, 0.4) is 0 Å². The Morgan fingerprint density at radius 2 is 2.00 bits per heavy atom. The molecule has 0 fully saturated rings. The van der Waals surface area contributed by atoms with E-state index in [0.29, 0.717) is 29.7 Å². The van der Waals surface area contributed by atoms with Crippen molar-refractivity contribution in [2.75, 3.05) is 0 Å². The largest absolute Gasteiger partial charge is 0.435 e. The minimum absolute atomic E-state index is 0.0868. The van der Waals surface area contributed by atoms with E-state index in [1.54, 1.807) is 12.1 Å². The maximum atomic E-state index is 12.5. The Hall–Kier alpha value is -1.47. The lowest BCUT2D eigenvalue weighted by Crippen LogP contribution is -2.43. The van der Waals surface area contributed by atoms with Crippen LogP contribution >= 0.6 is 0 Å². The standard InChI is InChI=1S/C16H21F2NO3S/c1-4-16(2,3)19-23(20,21)14-8-6-11-9-13(22-15(17)18)7-5-12(11)10-14/h5,7,9-10,15,19H,4,6,8H2,1-3H3. The molecule has 1 aromatic rings. The third-order valence-corrected chi connectivity index (χ3v) is 5.77. The summed E-state index contributed by atoms with van der Waals surface area (Å²) in [5.41, 5.74) is 0.999. The van der Waals surface area contributed by atoms with Crippen molar-refractivity contribution >= 4 is 16.1 Å². The van der Waals surface area contributed by atoms with Crippen molar-refractivity contribution in [2.45, 2.75) is 52.2 Å². The van der Waals surface area contributed by atoms with Crippen molar-refractivity contribution in [3.63, 3.8) is 0 Å². The molecule has 1 N–H and O–H groups in total. The number of fused-ring (bicyclic) bond motifs is 1. The van der Waals surface area contributed by atoms with Gasteiger partial charge in [-0.15, -0.1) is 0 Å². The summed E-state index contributed by atoms with van der Waals surface area (Å²) in [4.78, 5) is 0.314. The van der Waals surface area contributed by atoms with Crippen molar-refractivity contribution in [1.29, 1.82) is 0 Å². The molecule has 2 rings (SSSR count). The molecule has 0 amide bonds. The lowest BCUT2D eigenvalue weighted by molar-refractivity contribution is -0.0498. The van der Waals surface area contributed by atoms with Gasteiger partial charge in [-0.05, 0) is 62.4 Å². The van der Waals surface area contributed by atoms with Gasteiger partial charge in [-0.1, -0.05) is 13.0 Å². The van der Waals surface area contributed by atoms with E-state index in [9.17, 15) is 17.2 Å². The Morgan fingerprint density at radius 3 is 2.61 bits per heavy atom. The van der Waals surface area contributed by atoms with Gasteiger partial charge in [0.1, 0.15) is 5.75 Å². The summed E-state index contributed by atoms with van der Waals surface area (Å²) < 4.78 is 56.5. The van der Waals surface area contributed by atoms with Gasteiger partial charge in [0.15, 0.2) is 0 Å². The van der Waals surface area contributed by atoms with Gasteiger partial charge < -0.3 is 4.74 Å². The lowest BCUT2D eigenvalue weighted by atomic mass is 9.97. The summed E-state index contributed by atoms with van der Waals surface area (Å²) in [7, 11) is -3.57. The van der Waals surface area contributed by atoms with Gasteiger partial charge in [-0.25, -0.2) is 13.1 Å². The Morgan fingerprint density at radius 1 is 1.30 bits per heavy atom. The average molecular weight is 345 g/mol. The summed E-state index contributed by atoms with van der Waals surface area (Å²) in [6.07, 6.45) is 3.07. The van der Waals surface area contributed by atoms with Crippen LogP contribution in [0.2, 0.25) is 0 Å². The molecule has 1 aliphatic rings. The fourth-order valence-corrected chi connectivity index (χ4v) is 3.99. The maximum Gasteiger partial charge on any atom is 0.387 e. The summed E-state index contributed by atoms with van der Waals surface area (Å²) in [5, 5.41) is 0. The number of allylic oxidation sites excluding steroid dienone is 1. The van der Waals surface area contributed by atoms with E-state index in [-0.39, 0.29) is 5.75 Å². The van der Waals surface area contributed by atoms with Crippen LogP contribution in [0, 0.1) is 0 Å². The van der Waals surface area contributed by atoms with E-state index < -0.39 is 22.2 Å². The number of hydrogen-bond donors (Lipinski definition) is 1. The number of nitrogens with one attached hydrogen (secondary N) is 1. The summed E-state index contributed by atoms with van der Waals surface area (Å²) in [5.74, 6) is 0.0868. The Balaban J connectivity index is 2.27. The highest BCUT2D eigenvalue weighted by atomic mass is 32.2. The van der Waals surface area contributed by atoms with Crippen LogP contribution in [0.5, 0.6) is 5.75 Å². The van der Waals surface area contributed by atoms with Crippen LogP contribution in [0.4, 0.5) is 8.78 Å². The summed E-state index contributed by atoms with van der Waals surface area (Å²) in [6.45, 7) is 2.70. The zero-order chi connectivity index (χ0) is 17.3. The molecule has 23 heavy (non-hydrogen) atoms. The first-order valence-corrected chi connectivity index (χ1v) is 8.93. The van der Waals surface area contributed by atoms with Crippen LogP contribution in [0.15, 0.2) is 23.1 Å². The van der Waals surface area contributed by atoms with Crippen molar-refractivity contribution in [3.8, 4) is 5.75 Å². The number of ether oxygens (including phenoxy) is 1. The smallest absolute Gasteiger partial charge is 0.387 e. The van der Waals surface area contributed by atoms with Gasteiger partial charge in [0.25, 0.3) is 0 Å². The quantitative estimate of drug-likeness (QED) is 0.856. The number of rotatable bonds is 6. The molecule has 0 atom stereocenters. The molecule has 7 heteroatoms. The normalized spacial score (nSPS) is 15.3. The molecule has 0 saturated heterocycles. The zero-order valence-corrected chi connectivity index (χ0v) is 14.2. The summed E-state index contributed by atoms with van der Waals surface area (Å²) in [6, 6.07) is 4.55. The minimum Gasteiger partial charge on any atom is -0.435 e. The average Bonchev–Trinajstić information content (AvgIpc) is 2.45. The highest BCUT2D eigenvalue weighted by Gasteiger charge is 2.28. The third kappa shape index (κ3) is 4.51. The highest BCUT2D eigenvalue weighted by Crippen LogP contribution is 2.30. The van der Waals surface area contributed by atoms with Crippen molar-refractivity contribution in [2.24, 2.45) is 0 Å². The third-order valence-electron chi connectivity index (χ3n) is 3.94. The van der Waals surface area contributed by atoms with Crippen LogP contribution < -0.4 is 9.46 Å². The molecule has 0 spiro atoms. The Kier molecular flexibility index (Phi) is 5.10. The number of aryl methyl sites for hydroxylation is 1. The summed E-state index contributed by atoms with van der Waals surface area (Å²) >= 11 is 0. The Labute approximate surface area is 135 Å². The van der Waals surface area contributed by atoms with E-state index in [4.69, 9.17) is 0 Å². The fourth-order valence-electron chi connectivity index (χ4n) is 2.33. The molecular formula is C16H21F2NO3S. The van der Waals surface area contributed by atoms with Gasteiger partial charge in [-0.2, -0.15) is 8.78 Å². The van der Waals surface area contributed by atoms with Gasteiger partial charge in [0, 0.05) is 5.54 Å². The van der Waals surface area contributed by atoms with Gasteiger partial charge in [0.2, 0.25) is 10.0 Å². The van der Waals surface area contributed by atoms with Gasteiger partial charge in [0.05, 0.1) is 4.91 Å². The number of halogens is 2. The fraction of sp³-hybridized carbons (Fsp3) is 0.500. The molecule has 0 bridgehead atoms. The number of sulfonamides is 1. The molecule has 128 valence electrons. The van der Waals surface area contributed by atoms with Crippen LogP contribution in [0.1, 0.15) is 44.7 Å². The second-order valence-corrected chi connectivity index (χ2v) is 7.93. The predicted molar refractivity (Wildman–Crippen MR) is 85.8 cm³/mol. The molecular weight excluding hydrogens is 324 g/mol. The molecule has 0 aliphatic heterocycles. The van der Waals surface area contributed by atoms with E-state index >= 15 is 0 Å². The maximum absolute atomic E-state index is 12.5. The monoisotopic (exact) mass is 345 g/mol.